The Hall–Kier alpha value is -2.82. The van der Waals surface area contributed by atoms with E-state index in [1.165, 1.54) is 0 Å². The molecule has 0 unspecified atom stereocenters. The highest BCUT2D eigenvalue weighted by Crippen LogP contribution is 2.32. The molecule has 0 amide bonds. The lowest BCUT2D eigenvalue weighted by Gasteiger charge is -2.04. The summed E-state index contributed by atoms with van der Waals surface area (Å²) in [6.07, 6.45) is 0.0293. The summed E-state index contributed by atoms with van der Waals surface area (Å²) < 4.78 is 15.5. The molecule has 22 heavy (non-hydrogen) atoms. The molecule has 2 aromatic rings. The fraction of sp³-hybridized carbons (Fsp3) is 0.176. The standard InChI is InChI=1S/C17H14O5/c1-20-13-5-3-12(4-6-13)17(19)14(18)8-11-2-7-15-16(9-11)22-10-21-15/h2-7,9H,8,10H2,1H3. The second kappa shape index (κ2) is 5.89. The largest absolute Gasteiger partial charge is 0.497 e. The van der Waals surface area contributed by atoms with Crippen molar-refractivity contribution in [3.63, 3.8) is 0 Å². The van der Waals surface area contributed by atoms with Crippen LogP contribution in [-0.4, -0.2) is 25.5 Å². The molecule has 0 aromatic heterocycles. The molecule has 1 aliphatic heterocycles. The lowest BCUT2D eigenvalue weighted by atomic mass is 10.0. The van der Waals surface area contributed by atoms with Crippen molar-refractivity contribution in [3.05, 3.63) is 53.6 Å². The zero-order chi connectivity index (χ0) is 15.5. The van der Waals surface area contributed by atoms with Gasteiger partial charge in [0.25, 0.3) is 0 Å². The molecule has 0 fully saturated rings. The number of methoxy groups -OCH3 is 1. The average molecular weight is 298 g/mol. The third kappa shape index (κ3) is 2.79. The van der Waals surface area contributed by atoms with Gasteiger partial charge in [0.1, 0.15) is 5.75 Å². The van der Waals surface area contributed by atoms with Gasteiger partial charge in [-0.1, -0.05) is 6.07 Å². The summed E-state index contributed by atoms with van der Waals surface area (Å²) in [5.41, 5.74) is 1.07. The summed E-state index contributed by atoms with van der Waals surface area (Å²) in [6.45, 7) is 0.178. The first-order valence-corrected chi connectivity index (χ1v) is 6.77. The van der Waals surface area contributed by atoms with Gasteiger partial charge < -0.3 is 14.2 Å². The molecule has 0 spiro atoms. The van der Waals surface area contributed by atoms with E-state index in [2.05, 4.69) is 0 Å². The summed E-state index contributed by atoms with van der Waals surface area (Å²) in [5, 5.41) is 0. The molecule has 0 saturated carbocycles. The summed E-state index contributed by atoms with van der Waals surface area (Å²) in [5.74, 6) is 0.906. The van der Waals surface area contributed by atoms with E-state index in [4.69, 9.17) is 14.2 Å². The maximum absolute atomic E-state index is 12.1. The van der Waals surface area contributed by atoms with Gasteiger partial charge in [-0.15, -0.1) is 0 Å². The summed E-state index contributed by atoms with van der Waals surface area (Å²) in [7, 11) is 1.54. The zero-order valence-corrected chi connectivity index (χ0v) is 12.0. The molecule has 5 heteroatoms. The van der Waals surface area contributed by atoms with E-state index in [1.807, 2.05) is 0 Å². The lowest BCUT2D eigenvalue weighted by Crippen LogP contribution is -2.16. The Labute approximate surface area is 127 Å². The van der Waals surface area contributed by atoms with E-state index in [9.17, 15) is 9.59 Å². The molecule has 2 aromatic carbocycles. The van der Waals surface area contributed by atoms with Crippen LogP contribution in [0, 0.1) is 0 Å². The highest BCUT2D eigenvalue weighted by atomic mass is 16.7. The number of ether oxygens (including phenoxy) is 3. The topological polar surface area (TPSA) is 61.8 Å². The Morgan fingerprint density at radius 2 is 1.77 bits per heavy atom. The van der Waals surface area contributed by atoms with Gasteiger partial charge in [-0.2, -0.15) is 0 Å². The van der Waals surface area contributed by atoms with E-state index in [0.717, 1.165) is 5.56 Å². The predicted octanol–water partition coefficient (Wildman–Crippen LogP) is 2.42. The molecule has 0 atom stereocenters. The highest BCUT2D eigenvalue weighted by Gasteiger charge is 2.19. The average Bonchev–Trinajstić information content (AvgIpc) is 3.02. The van der Waals surface area contributed by atoms with Crippen molar-refractivity contribution >= 4 is 11.6 Å². The monoisotopic (exact) mass is 298 g/mol. The highest BCUT2D eigenvalue weighted by molar-refractivity contribution is 6.44. The Morgan fingerprint density at radius 1 is 1.05 bits per heavy atom. The van der Waals surface area contributed by atoms with E-state index in [1.54, 1.807) is 49.6 Å². The first-order valence-electron chi connectivity index (χ1n) is 6.77. The van der Waals surface area contributed by atoms with Crippen molar-refractivity contribution in [2.75, 3.05) is 13.9 Å². The van der Waals surface area contributed by atoms with Crippen LogP contribution in [0.1, 0.15) is 15.9 Å². The van der Waals surface area contributed by atoms with Crippen molar-refractivity contribution in [1.29, 1.82) is 0 Å². The maximum Gasteiger partial charge on any atom is 0.231 e. The number of carbonyl (C=O) groups excluding carboxylic acids is 2. The Bertz CT molecular complexity index is 718. The van der Waals surface area contributed by atoms with Gasteiger partial charge in [-0.25, -0.2) is 0 Å². The van der Waals surface area contributed by atoms with Crippen LogP contribution in [0.3, 0.4) is 0 Å². The van der Waals surface area contributed by atoms with Crippen molar-refractivity contribution in [2.45, 2.75) is 6.42 Å². The third-order valence-corrected chi connectivity index (χ3v) is 3.41. The van der Waals surface area contributed by atoms with Gasteiger partial charge in [-0.3, -0.25) is 9.59 Å². The van der Waals surface area contributed by atoms with Crippen molar-refractivity contribution in [2.24, 2.45) is 0 Å². The lowest BCUT2D eigenvalue weighted by molar-refractivity contribution is -0.114. The third-order valence-electron chi connectivity index (χ3n) is 3.41. The zero-order valence-electron chi connectivity index (χ0n) is 12.0. The molecule has 0 N–H and O–H groups in total. The minimum Gasteiger partial charge on any atom is -0.497 e. The fourth-order valence-electron chi connectivity index (χ4n) is 2.22. The first-order chi connectivity index (χ1) is 10.7. The number of ketones is 2. The van der Waals surface area contributed by atoms with Crippen LogP contribution in [-0.2, 0) is 11.2 Å². The SMILES string of the molecule is COc1ccc(C(=O)C(=O)Cc2ccc3c(c2)OCO3)cc1. The van der Waals surface area contributed by atoms with Crippen molar-refractivity contribution in [3.8, 4) is 17.2 Å². The summed E-state index contributed by atoms with van der Waals surface area (Å²) >= 11 is 0. The van der Waals surface area contributed by atoms with Crippen LogP contribution in [0.2, 0.25) is 0 Å². The van der Waals surface area contributed by atoms with Gasteiger partial charge in [0.15, 0.2) is 11.5 Å². The Morgan fingerprint density at radius 3 is 2.50 bits per heavy atom. The Kier molecular flexibility index (Phi) is 3.78. The predicted molar refractivity (Wildman–Crippen MR) is 78.6 cm³/mol. The van der Waals surface area contributed by atoms with Crippen LogP contribution < -0.4 is 14.2 Å². The minimum absolute atomic E-state index is 0.0293. The fourth-order valence-corrected chi connectivity index (χ4v) is 2.22. The number of benzene rings is 2. The number of fused-ring (bicyclic) bond motifs is 1. The normalized spacial score (nSPS) is 12.0. The molecule has 1 aliphatic rings. The van der Waals surface area contributed by atoms with Gasteiger partial charge in [-0.05, 0) is 42.0 Å². The van der Waals surface area contributed by atoms with Crippen LogP contribution in [0.15, 0.2) is 42.5 Å². The first kappa shape index (κ1) is 14.1. The molecular weight excluding hydrogens is 284 g/mol. The Balaban J connectivity index is 1.71. The van der Waals surface area contributed by atoms with Crippen LogP contribution in [0.5, 0.6) is 17.2 Å². The van der Waals surface area contributed by atoms with E-state index in [-0.39, 0.29) is 13.2 Å². The van der Waals surface area contributed by atoms with Gasteiger partial charge in [0, 0.05) is 12.0 Å². The minimum atomic E-state index is -0.514. The smallest absolute Gasteiger partial charge is 0.231 e. The summed E-state index contributed by atoms with van der Waals surface area (Å²) in [6, 6.07) is 11.7. The molecule has 112 valence electrons. The number of carbonyl (C=O) groups is 2. The molecular formula is C17H14O5. The van der Waals surface area contributed by atoms with Crippen LogP contribution in [0.25, 0.3) is 0 Å². The quantitative estimate of drug-likeness (QED) is 0.626. The second-order valence-electron chi connectivity index (χ2n) is 4.85. The molecule has 0 saturated heterocycles. The number of hydrogen-bond donors (Lipinski definition) is 0. The van der Waals surface area contributed by atoms with E-state index < -0.39 is 11.6 Å². The number of rotatable bonds is 5. The van der Waals surface area contributed by atoms with Crippen LogP contribution >= 0.6 is 0 Å². The molecule has 3 rings (SSSR count). The van der Waals surface area contributed by atoms with Gasteiger partial charge in [0.2, 0.25) is 18.4 Å². The van der Waals surface area contributed by atoms with Crippen molar-refractivity contribution in [1.82, 2.24) is 0 Å². The molecule has 1 heterocycles. The molecule has 0 radical (unpaired) electrons. The second-order valence-corrected chi connectivity index (χ2v) is 4.85. The summed E-state index contributed by atoms with van der Waals surface area (Å²) in [4.78, 5) is 24.3. The van der Waals surface area contributed by atoms with Crippen LogP contribution in [0.4, 0.5) is 0 Å². The molecule has 0 bridgehead atoms. The van der Waals surface area contributed by atoms with Gasteiger partial charge in [0.05, 0.1) is 7.11 Å². The van der Waals surface area contributed by atoms with Gasteiger partial charge >= 0.3 is 0 Å². The number of hydrogen-bond acceptors (Lipinski definition) is 5. The number of Topliss-reactive ketones (excluding diaryl/α,β-unsaturated/α-hetero) is 2. The maximum atomic E-state index is 12.1. The molecule has 5 nitrogen and oxygen atoms in total. The van der Waals surface area contributed by atoms with E-state index in [0.29, 0.717) is 22.8 Å². The van der Waals surface area contributed by atoms with E-state index >= 15 is 0 Å². The van der Waals surface area contributed by atoms with Crippen molar-refractivity contribution < 1.29 is 23.8 Å². The molecule has 0 aliphatic carbocycles.